The Hall–Kier alpha value is -4.07. The second-order valence-electron chi connectivity index (χ2n) is 7.66. The summed E-state index contributed by atoms with van der Waals surface area (Å²) in [6.45, 7) is 1.05. The Kier molecular flexibility index (Phi) is 4.89. The van der Waals surface area contributed by atoms with Crippen LogP contribution in [0.2, 0.25) is 0 Å². The fourth-order valence-electron chi connectivity index (χ4n) is 4.08. The van der Waals surface area contributed by atoms with Crippen LogP contribution in [0.15, 0.2) is 72.0 Å². The van der Waals surface area contributed by atoms with Crippen molar-refractivity contribution in [3.05, 3.63) is 89.5 Å². The molecule has 0 saturated carbocycles. The Labute approximate surface area is 184 Å². The van der Waals surface area contributed by atoms with Crippen molar-refractivity contribution >= 4 is 28.9 Å². The molecule has 1 aromatic heterocycles. The van der Waals surface area contributed by atoms with Crippen LogP contribution >= 0.6 is 0 Å². The summed E-state index contributed by atoms with van der Waals surface area (Å²) >= 11 is 0. The number of carbonyl (C=O) groups is 2. The third-order valence-corrected chi connectivity index (χ3v) is 5.69. The number of aromatic nitrogens is 1. The van der Waals surface area contributed by atoms with Crippen molar-refractivity contribution < 1.29 is 14.0 Å². The lowest BCUT2D eigenvalue weighted by Crippen LogP contribution is -2.51. The van der Waals surface area contributed by atoms with Gasteiger partial charge < -0.3 is 15.1 Å². The molecule has 8 heteroatoms. The van der Waals surface area contributed by atoms with E-state index in [1.807, 2.05) is 25.2 Å². The van der Waals surface area contributed by atoms with Gasteiger partial charge in [0.05, 0.1) is 22.6 Å². The molecule has 3 heterocycles. The first-order valence-corrected chi connectivity index (χ1v) is 10.2. The molecule has 1 atom stereocenters. The van der Waals surface area contributed by atoms with E-state index in [-0.39, 0.29) is 11.5 Å². The van der Waals surface area contributed by atoms with Gasteiger partial charge in [-0.05, 0) is 30.3 Å². The average molecular weight is 429 g/mol. The molecule has 32 heavy (non-hydrogen) atoms. The number of nitrogens with one attached hydrogen (secondary N) is 1. The minimum atomic E-state index is -1.21. The number of hydrogen-bond acceptors (Lipinski definition) is 5. The molecule has 0 radical (unpaired) electrons. The average Bonchev–Trinajstić information content (AvgIpc) is 2.93. The molecule has 2 amide bonds. The van der Waals surface area contributed by atoms with Gasteiger partial charge in [-0.25, -0.2) is 9.38 Å². The highest BCUT2D eigenvalue weighted by molar-refractivity contribution is 6.22. The summed E-state index contributed by atoms with van der Waals surface area (Å²) in [4.78, 5) is 38.6. The van der Waals surface area contributed by atoms with E-state index in [0.717, 1.165) is 5.69 Å². The summed E-state index contributed by atoms with van der Waals surface area (Å²) in [5.74, 6) is -1.30. The minimum absolute atomic E-state index is 0.268. The van der Waals surface area contributed by atoms with E-state index < -0.39 is 17.9 Å². The third-order valence-electron chi connectivity index (χ3n) is 5.69. The number of aliphatic imine (C=N–C) groups is 1. The number of anilines is 2. The van der Waals surface area contributed by atoms with Gasteiger partial charge in [0.1, 0.15) is 5.82 Å². The first kappa shape index (κ1) is 19.9. The van der Waals surface area contributed by atoms with E-state index in [0.29, 0.717) is 35.6 Å². The summed E-state index contributed by atoms with van der Waals surface area (Å²) in [6, 6.07) is 15.2. The Balaban J connectivity index is 1.67. The fourth-order valence-corrected chi connectivity index (χ4v) is 4.08. The Morgan fingerprint density at radius 1 is 1.06 bits per heavy atom. The molecule has 5 rings (SSSR count). The molecular weight excluding hydrogens is 409 g/mol. The molecule has 0 bridgehead atoms. The molecule has 2 aromatic carbocycles. The molecule has 7 nitrogen and oxygen atoms in total. The summed E-state index contributed by atoms with van der Waals surface area (Å²) in [5.41, 5.74) is 3.07. The van der Waals surface area contributed by atoms with Crippen LogP contribution in [0.1, 0.15) is 21.5 Å². The van der Waals surface area contributed by atoms with E-state index in [4.69, 9.17) is 0 Å². The lowest BCUT2D eigenvalue weighted by atomic mass is 9.97. The monoisotopic (exact) mass is 429 g/mol. The Morgan fingerprint density at radius 3 is 2.66 bits per heavy atom. The van der Waals surface area contributed by atoms with Gasteiger partial charge in [0.15, 0.2) is 0 Å². The smallest absolute Gasteiger partial charge is 0.272 e. The summed E-state index contributed by atoms with van der Waals surface area (Å²) in [5, 5.41) is 2.70. The standard InChI is InChI=1S/C24H20FN5O2/c1-29-12-13-30-21-17(8-4-10-19(21)29)20(16-7-2-3-9-18(16)25)27-22(24(30)32)28-23(31)15-6-5-11-26-14-15/h2-11,14,22H,12-13H2,1H3,(H,28,31). The van der Waals surface area contributed by atoms with Crippen LogP contribution in [0.25, 0.3) is 0 Å². The number of likely N-dealkylation sites (N-methyl/N-ethyl adjacent to an activating group) is 1. The van der Waals surface area contributed by atoms with E-state index in [1.54, 1.807) is 41.4 Å². The first-order chi connectivity index (χ1) is 15.5. The van der Waals surface area contributed by atoms with Gasteiger partial charge in [0.2, 0.25) is 6.17 Å². The number of pyridine rings is 1. The number of para-hydroxylation sites is 1. The highest BCUT2D eigenvalue weighted by atomic mass is 19.1. The van der Waals surface area contributed by atoms with Crippen molar-refractivity contribution in [3.8, 4) is 0 Å². The molecule has 2 aliphatic heterocycles. The van der Waals surface area contributed by atoms with E-state index >= 15 is 0 Å². The first-order valence-electron chi connectivity index (χ1n) is 10.2. The van der Waals surface area contributed by atoms with Gasteiger partial charge in [-0.2, -0.15) is 0 Å². The number of hydrogen-bond donors (Lipinski definition) is 1. The third kappa shape index (κ3) is 3.30. The van der Waals surface area contributed by atoms with Gasteiger partial charge >= 0.3 is 0 Å². The van der Waals surface area contributed by atoms with Crippen molar-refractivity contribution in [1.29, 1.82) is 0 Å². The lowest BCUT2D eigenvalue weighted by Gasteiger charge is -2.36. The van der Waals surface area contributed by atoms with Crippen molar-refractivity contribution in [2.24, 2.45) is 4.99 Å². The SMILES string of the molecule is CN1CCN2C(=O)C(NC(=O)c3cccnc3)N=C(c3ccccc3F)c3cccc1c32. The van der Waals surface area contributed by atoms with Gasteiger partial charge in [0, 0.05) is 43.7 Å². The van der Waals surface area contributed by atoms with Crippen molar-refractivity contribution in [2.45, 2.75) is 6.17 Å². The molecule has 1 unspecified atom stereocenters. The van der Waals surface area contributed by atoms with E-state index in [2.05, 4.69) is 20.2 Å². The highest BCUT2D eigenvalue weighted by Gasteiger charge is 2.37. The molecule has 1 N–H and O–H groups in total. The number of halogens is 1. The van der Waals surface area contributed by atoms with Gasteiger partial charge in [-0.3, -0.25) is 14.6 Å². The predicted molar refractivity (Wildman–Crippen MR) is 120 cm³/mol. The van der Waals surface area contributed by atoms with Gasteiger partial charge in [-0.15, -0.1) is 0 Å². The van der Waals surface area contributed by atoms with Crippen molar-refractivity contribution in [2.75, 3.05) is 29.9 Å². The number of benzene rings is 2. The molecule has 2 aliphatic rings. The fraction of sp³-hybridized carbons (Fsp3) is 0.167. The van der Waals surface area contributed by atoms with Crippen LogP contribution in [-0.2, 0) is 4.79 Å². The highest BCUT2D eigenvalue weighted by Crippen LogP contribution is 2.39. The second kappa shape index (κ2) is 7.88. The maximum absolute atomic E-state index is 14.8. The maximum atomic E-state index is 14.8. The molecule has 0 spiro atoms. The molecule has 0 aliphatic carbocycles. The zero-order valence-corrected chi connectivity index (χ0v) is 17.3. The van der Waals surface area contributed by atoms with Crippen LogP contribution in [0.5, 0.6) is 0 Å². The van der Waals surface area contributed by atoms with Crippen LogP contribution in [-0.4, -0.2) is 48.8 Å². The van der Waals surface area contributed by atoms with Crippen molar-refractivity contribution in [3.63, 3.8) is 0 Å². The van der Waals surface area contributed by atoms with Gasteiger partial charge in [0.25, 0.3) is 11.8 Å². The van der Waals surface area contributed by atoms with Crippen LogP contribution in [0.3, 0.4) is 0 Å². The van der Waals surface area contributed by atoms with Gasteiger partial charge in [-0.1, -0.05) is 24.3 Å². The zero-order chi connectivity index (χ0) is 22.2. The van der Waals surface area contributed by atoms with Crippen LogP contribution in [0, 0.1) is 5.82 Å². The van der Waals surface area contributed by atoms with E-state index in [1.165, 1.54) is 12.3 Å². The summed E-state index contributed by atoms with van der Waals surface area (Å²) in [7, 11) is 1.95. The zero-order valence-electron chi connectivity index (χ0n) is 17.3. The Morgan fingerprint density at radius 2 is 1.88 bits per heavy atom. The summed E-state index contributed by atoms with van der Waals surface area (Å²) < 4.78 is 14.8. The lowest BCUT2D eigenvalue weighted by molar-refractivity contribution is -0.120. The normalized spacial score (nSPS) is 17.4. The molecular formula is C24H20FN5O2. The Bertz CT molecular complexity index is 1240. The molecule has 0 fully saturated rings. The van der Waals surface area contributed by atoms with Crippen molar-refractivity contribution in [1.82, 2.24) is 10.3 Å². The summed E-state index contributed by atoms with van der Waals surface area (Å²) in [6.07, 6.45) is 1.77. The molecule has 0 saturated heterocycles. The molecule has 160 valence electrons. The number of carbonyl (C=O) groups excluding carboxylic acids is 2. The van der Waals surface area contributed by atoms with Crippen LogP contribution < -0.4 is 15.1 Å². The largest absolute Gasteiger partial charge is 0.371 e. The maximum Gasteiger partial charge on any atom is 0.272 e. The number of nitrogens with zero attached hydrogens (tertiary/aromatic N) is 4. The number of rotatable bonds is 3. The number of amides is 2. The minimum Gasteiger partial charge on any atom is -0.371 e. The molecule has 3 aromatic rings. The van der Waals surface area contributed by atoms with E-state index in [9.17, 15) is 14.0 Å². The quantitative estimate of drug-likeness (QED) is 0.694. The predicted octanol–water partition coefficient (Wildman–Crippen LogP) is 2.61. The van der Waals surface area contributed by atoms with Crippen LogP contribution in [0.4, 0.5) is 15.8 Å². The topological polar surface area (TPSA) is 77.9 Å². The second-order valence-corrected chi connectivity index (χ2v) is 7.66.